The smallest absolute Gasteiger partial charge is 0.129 e. The molecule has 0 atom stereocenters. The summed E-state index contributed by atoms with van der Waals surface area (Å²) in [6, 6.07) is 2.00. The van der Waals surface area contributed by atoms with Crippen LogP contribution in [0.1, 0.15) is 5.56 Å². The summed E-state index contributed by atoms with van der Waals surface area (Å²) < 4.78 is 3.71. The lowest BCUT2D eigenvalue weighted by atomic mass is 10.2. The number of anilines is 1. The third kappa shape index (κ3) is 1.26. The highest BCUT2D eigenvalue weighted by Crippen LogP contribution is 2.34. The van der Waals surface area contributed by atoms with E-state index >= 15 is 0 Å². The van der Waals surface area contributed by atoms with Crippen molar-refractivity contribution in [3.05, 3.63) is 20.6 Å². The summed E-state index contributed by atoms with van der Waals surface area (Å²) >= 11 is 7.01. The minimum Gasteiger partial charge on any atom is -0.383 e. The summed E-state index contributed by atoms with van der Waals surface area (Å²) in [5.41, 5.74) is 7.93. The molecule has 2 N–H and O–H groups in total. The van der Waals surface area contributed by atoms with E-state index in [1.54, 1.807) is 4.68 Å². The van der Waals surface area contributed by atoms with Crippen LogP contribution < -0.4 is 5.73 Å². The Bertz CT molecular complexity index is 516. The fraction of sp³-hybridized carbons (Fsp3) is 0.222. The van der Waals surface area contributed by atoms with Crippen molar-refractivity contribution in [3.63, 3.8) is 0 Å². The monoisotopic (exact) mass is 317 g/mol. The van der Waals surface area contributed by atoms with Crippen LogP contribution in [0.3, 0.4) is 0 Å². The summed E-state index contributed by atoms with van der Waals surface area (Å²) in [7, 11) is 1.84. The lowest BCUT2D eigenvalue weighted by Gasteiger charge is -2.01. The molecule has 74 valence electrons. The Morgan fingerprint density at radius 1 is 1.43 bits per heavy atom. The molecule has 0 unspecified atom stereocenters. The van der Waals surface area contributed by atoms with E-state index in [1.807, 2.05) is 20.0 Å². The number of hydrogen-bond acceptors (Lipinski definition) is 2. The molecule has 0 amide bonds. The predicted molar refractivity (Wildman–Crippen MR) is 65.3 cm³/mol. The van der Waals surface area contributed by atoms with Gasteiger partial charge in [0.05, 0.1) is 0 Å². The zero-order valence-corrected chi connectivity index (χ0v) is 11.0. The van der Waals surface area contributed by atoms with Crippen LogP contribution in [-0.4, -0.2) is 9.78 Å². The molecular formula is C9H9Br2N3. The summed E-state index contributed by atoms with van der Waals surface area (Å²) in [5.74, 6) is 0.682. The van der Waals surface area contributed by atoms with E-state index in [4.69, 9.17) is 5.73 Å². The average Bonchev–Trinajstić information content (AvgIpc) is 2.42. The maximum absolute atomic E-state index is 5.88. The second-order valence-electron chi connectivity index (χ2n) is 3.20. The van der Waals surface area contributed by atoms with Crippen LogP contribution in [0.15, 0.2) is 15.0 Å². The van der Waals surface area contributed by atoms with Gasteiger partial charge >= 0.3 is 0 Å². The minimum absolute atomic E-state index is 0.682. The summed E-state index contributed by atoms with van der Waals surface area (Å²) in [6.45, 7) is 2.03. The third-order valence-corrected chi connectivity index (χ3v) is 4.09. The van der Waals surface area contributed by atoms with Gasteiger partial charge < -0.3 is 5.73 Å². The Hall–Kier alpha value is -0.550. The molecule has 0 aliphatic carbocycles. The molecule has 0 spiro atoms. The zero-order chi connectivity index (χ0) is 10.5. The van der Waals surface area contributed by atoms with Crippen molar-refractivity contribution in [1.29, 1.82) is 0 Å². The minimum atomic E-state index is 0.682. The Labute approximate surface area is 98.5 Å². The van der Waals surface area contributed by atoms with Gasteiger partial charge in [0.1, 0.15) is 11.3 Å². The van der Waals surface area contributed by atoms with Crippen molar-refractivity contribution in [2.75, 3.05) is 5.73 Å². The fourth-order valence-electron chi connectivity index (χ4n) is 1.38. The standard InChI is InChI=1S/C9H9Br2N3/c1-4-6(10)3-5-8(7(4)11)13-14(2)9(5)12/h3H,12H2,1-2H3. The van der Waals surface area contributed by atoms with E-state index in [1.165, 1.54) is 0 Å². The number of benzene rings is 1. The number of rotatable bonds is 0. The first-order valence-corrected chi connectivity index (χ1v) is 5.67. The highest BCUT2D eigenvalue weighted by atomic mass is 79.9. The van der Waals surface area contributed by atoms with Gasteiger partial charge in [-0.15, -0.1) is 0 Å². The third-order valence-electron chi connectivity index (χ3n) is 2.30. The van der Waals surface area contributed by atoms with Gasteiger partial charge in [0, 0.05) is 21.4 Å². The Kier molecular flexibility index (Phi) is 2.31. The molecule has 14 heavy (non-hydrogen) atoms. The highest BCUT2D eigenvalue weighted by molar-refractivity contribution is 9.11. The molecule has 5 heteroatoms. The number of aryl methyl sites for hydroxylation is 1. The molecule has 0 radical (unpaired) electrons. The van der Waals surface area contributed by atoms with E-state index < -0.39 is 0 Å². The number of nitrogen functional groups attached to an aromatic ring is 1. The molecule has 1 aromatic carbocycles. The Balaban J connectivity index is 2.98. The van der Waals surface area contributed by atoms with Crippen LogP contribution in [0.25, 0.3) is 10.9 Å². The normalized spacial score (nSPS) is 11.1. The topological polar surface area (TPSA) is 43.8 Å². The fourth-order valence-corrected chi connectivity index (χ4v) is 2.57. The van der Waals surface area contributed by atoms with Crippen molar-refractivity contribution in [3.8, 4) is 0 Å². The van der Waals surface area contributed by atoms with E-state index in [2.05, 4.69) is 37.0 Å². The van der Waals surface area contributed by atoms with Crippen LogP contribution in [0.2, 0.25) is 0 Å². The molecular weight excluding hydrogens is 310 g/mol. The van der Waals surface area contributed by atoms with Gasteiger partial charge in [0.2, 0.25) is 0 Å². The molecule has 2 aromatic rings. The van der Waals surface area contributed by atoms with Gasteiger partial charge in [-0.25, -0.2) is 0 Å². The average molecular weight is 319 g/mol. The van der Waals surface area contributed by atoms with E-state index in [9.17, 15) is 0 Å². The summed E-state index contributed by atoms with van der Waals surface area (Å²) in [6.07, 6.45) is 0. The van der Waals surface area contributed by atoms with Crippen molar-refractivity contribution in [2.24, 2.45) is 7.05 Å². The number of hydrogen-bond donors (Lipinski definition) is 1. The van der Waals surface area contributed by atoms with Crippen molar-refractivity contribution >= 4 is 48.6 Å². The maximum Gasteiger partial charge on any atom is 0.129 e. The number of halogens is 2. The molecule has 3 nitrogen and oxygen atoms in total. The Morgan fingerprint density at radius 3 is 2.71 bits per heavy atom. The van der Waals surface area contributed by atoms with E-state index in [-0.39, 0.29) is 0 Å². The van der Waals surface area contributed by atoms with Gasteiger partial charge in [-0.1, -0.05) is 15.9 Å². The van der Waals surface area contributed by atoms with Gasteiger partial charge in [0.25, 0.3) is 0 Å². The molecule has 0 bridgehead atoms. The first-order chi connectivity index (χ1) is 6.52. The lowest BCUT2D eigenvalue weighted by molar-refractivity contribution is 0.790. The Morgan fingerprint density at radius 2 is 2.07 bits per heavy atom. The first kappa shape index (κ1) is 9.98. The van der Waals surface area contributed by atoms with Gasteiger partial charge in [0.15, 0.2) is 0 Å². The predicted octanol–water partition coefficient (Wildman–Crippen LogP) is 2.99. The summed E-state index contributed by atoms with van der Waals surface area (Å²) in [5, 5.41) is 5.31. The van der Waals surface area contributed by atoms with Gasteiger partial charge in [-0.2, -0.15) is 5.10 Å². The molecule has 0 aliphatic heterocycles. The van der Waals surface area contributed by atoms with Gasteiger partial charge in [-0.3, -0.25) is 4.68 Å². The molecule has 0 fully saturated rings. The van der Waals surface area contributed by atoms with Crippen LogP contribution in [0.4, 0.5) is 5.82 Å². The van der Waals surface area contributed by atoms with Crippen molar-refractivity contribution in [2.45, 2.75) is 6.92 Å². The van der Waals surface area contributed by atoms with Crippen LogP contribution in [0, 0.1) is 6.92 Å². The number of nitrogens with two attached hydrogens (primary N) is 1. The van der Waals surface area contributed by atoms with Crippen molar-refractivity contribution in [1.82, 2.24) is 9.78 Å². The number of aromatic nitrogens is 2. The van der Waals surface area contributed by atoms with Crippen LogP contribution in [0.5, 0.6) is 0 Å². The maximum atomic E-state index is 5.88. The zero-order valence-electron chi connectivity index (χ0n) is 7.81. The number of nitrogens with zero attached hydrogens (tertiary/aromatic N) is 2. The van der Waals surface area contributed by atoms with E-state index in [0.29, 0.717) is 5.82 Å². The molecule has 0 aliphatic rings. The second kappa shape index (κ2) is 3.24. The molecule has 0 saturated carbocycles. The van der Waals surface area contributed by atoms with E-state index in [0.717, 1.165) is 25.4 Å². The first-order valence-electron chi connectivity index (χ1n) is 4.09. The highest BCUT2D eigenvalue weighted by Gasteiger charge is 2.12. The molecule has 1 aromatic heterocycles. The molecule has 2 rings (SSSR count). The molecule has 1 heterocycles. The van der Waals surface area contributed by atoms with Crippen LogP contribution in [-0.2, 0) is 7.05 Å². The molecule has 0 saturated heterocycles. The van der Waals surface area contributed by atoms with Crippen LogP contribution >= 0.6 is 31.9 Å². The SMILES string of the molecule is Cc1c(Br)cc2c(N)n(C)nc2c1Br. The largest absolute Gasteiger partial charge is 0.383 e. The quantitative estimate of drug-likeness (QED) is 0.811. The second-order valence-corrected chi connectivity index (χ2v) is 4.85. The summed E-state index contributed by atoms with van der Waals surface area (Å²) in [4.78, 5) is 0. The lowest BCUT2D eigenvalue weighted by Crippen LogP contribution is -1.96. The number of fused-ring (bicyclic) bond motifs is 1. The van der Waals surface area contributed by atoms with Gasteiger partial charge in [-0.05, 0) is 34.5 Å². The van der Waals surface area contributed by atoms with Crippen molar-refractivity contribution < 1.29 is 0 Å².